The molecule has 0 N–H and O–H groups in total. The van der Waals surface area contributed by atoms with Crippen LogP contribution in [0.1, 0.15) is 18.5 Å². The molecule has 1 aliphatic heterocycles. The normalized spacial score (nSPS) is 18.6. The maximum absolute atomic E-state index is 5.85. The summed E-state index contributed by atoms with van der Waals surface area (Å²) < 4.78 is 15.2. The van der Waals surface area contributed by atoms with Crippen molar-refractivity contribution in [2.75, 3.05) is 13.2 Å². The van der Waals surface area contributed by atoms with E-state index in [1.165, 1.54) is 11.5 Å². The van der Waals surface area contributed by atoms with Crippen molar-refractivity contribution in [2.24, 2.45) is 0 Å². The minimum atomic E-state index is 0.279. The fourth-order valence-electron chi connectivity index (χ4n) is 1.32. The van der Waals surface area contributed by atoms with Gasteiger partial charge in [0.1, 0.15) is 10.0 Å². The smallest absolute Gasteiger partial charge is 0.139 e. The van der Waals surface area contributed by atoms with Crippen molar-refractivity contribution < 1.29 is 9.47 Å². The largest absolute Gasteiger partial charge is 0.381 e. The number of rotatable bonds is 3. The Morgan fingerprint density at radius 2 is 2.29 bits per heavy atom. The van der Waals surface area contributed by atoms with Gasteiger partial charge in [-0.15, -0.1) is 5.10 Å². The van der Waals surface area contributed by atoms with Crippen molar-refractivity contribution in [1.29, 1.82) is 0 Å². The van der Waals surface area contributed by atoms with Crippen LogP contribution in [0.25, 0.3) is 0 Å². The van der Waals surface area contributed by atoms with Crippen LogP contribution in [-0.4, -0.2) is 28.9 Å². The lowest BCUT2D eigenvalue weighted by molar-refractivity contribution is -0.0399. The monoisotopic (exact) mass is 234 g/mol. The van der Waals surface area contributed by atoms with E-state index in [4.69, 9.17) is 21.1 Å². The van der Waals surface area contributed by atoms with Gasteiger partial charge in [-0.3, -0.25) is 0 Å². The Hall–Kier alpha value is -0.230. The second-order valence-corrected chi connectivity index (χ2v) is 4.47. The summed E-state index contributed by atoms with van der Waals surface area (Å²) in [6, 6.07) is 0. The van der Waals surface area contributed by atoms with Crippen LogP contribution in [0.2, 0.25) is 4.34 Å². The van der Waals surface area contributed by atoms with E-state index < -0.39 is 0 Å². The second-order valence-electron chi connectivity index (χ2n) is 3.12. The number of hydrogen-bond acceptors (Lipinski definition) is 5. The van der Waals surface area contributed by atoms with E-state index in [9.17, 15) is 0 Å². The predicted molar refractivity (Wildman–Crippen MR) is 53.5 cm³/mol. The molecule has 0 saturated carbocycles. The van der Waals surface area contributed by atoms with Gasteiger partial charge < -0.3 is 9.47 Å². The number of halogens is 1. The fraction of sp³-hybridized carbons (Fsp3) is 0.750. The zero-order chi connectivity index (χ0) is 9.80. The van der Waals surface area contributed by atoms with Crippen molar-refractivity contribution in [3.05, 3.63) is 10.0 Å². The van der Waals surface area contributed by atoms with Crippen LogP contribution < -0.4 is 0 Å². The molecule has 78 valence electrons. The highest BCUT2D eigenvalue weighted by Crippen LogP contribution is 2.20. The van der Waals surface area contributed by atoms with Crippen LogP contribution in [-0.2, 0) is 16.1 Å². The zero-order valence-electron chi connectivity index (χ0n) is 7.61. The molecule has 4 nitrogen and oxygen atoms in total. The molecule has 1 saturated heterocycles. The van der Waals surface area contributed by atoms with Gasteiger partial charge in [0.2, 0.25) is 0 Å². The van der Waals surface area contributed by atoms with E-state index in [0.717, 1.165) is 31.7 Å². The van der Waals surface area contributed by atoms with Gasteiger partial charge in [0.25, 0.3) is 0 Å². The molecule has 0 spiro atoms. The highest BCUT2D eigenvalue weighted by atomic mass is 35.5. The van der Waals surface area contributed by atoms with Gasteiger partial charge in [-0.2, -0.15) is 0 Å². The lowest BCUT2D eigenvalue weighted by atomic mass is 10.1. The molecule has 0 radical (unpaired) electrons. The van der Waals surface area contributed by atoms with E-state index >= 15 is 0 Å². The molecule has 0 atom stereocenters. The summed E-state index contributed by atoms with van der Waals surface area (Å²) in [5.74, 6) is 0. The van der Waals surface area contributed by atoms with Crippen LogP contribution >= 0.6 is 23.1 Å². The van der Waals surface area contributed by atoms with E-state index in [-0.39, 0.29) is 6.10 Å². The van der Waals surface area contributed by atoms with E-state index in [0.29, 0.717) is 10.9 Å². The molecule has 0 unspecified atom stereocenters. The average molecular weight is 235 g/mol. The Bertz CT molecular complexity index is 289. The van der Waals surface area contributed by atoms with Crippen molar-refractivity contribution in [1.82, 2.24) is 9.59 Å². The number of hydrogen-bond donors (Lipinski definition) is 0. The molecule has 0 aromatic carbocycles. The summed E-state index contributed by atoms with van der Waals surface area (Å²) >= 11 is 7.04. The molecule has 2 heterocycles. The molecule has 1 aromatic rings. The third kappa shape index (κ3) is 2.63. The SMILES string of the molecule is Clc1snnc1COC1CCOCC1. The summed E-state index contributed by atoms with van der Waals surface area (Å²) in [6.07, 6.45) is 2.19. The quantitative estimate of drug-likeness (QED) is 0.801. The topological polar surface area (TPSA) is 44.2 Å². The third-order valence-electron chi connectivity index (χ3n) is 2.13. The summed E-state index contributed by atoms with van der Waals surface area (Å²) in [6.45, 7) is 2.03. The minimum absolute atomic E-state index is 0.279. The number of ether oxygens (including phenoxy) is 2. The van der Waals surface area contributed by atoms with Crippen LogP contribution in [0.5, 0.6) is 0 Å². The van der Waals surface area contributed by atoms with Crippen LogP contribution in [0.15, 0.2) is 0 Å². The fourth-order valence-corrected chi connectivity index (χ4v) is 1.92. The highest BCUT2D eigenvalue weighted by molar-refractivity contribution is 7.10. The van der Waals surface area contributed by atoms with Crippen molar-refractivity contribution in [3.8, 4) is 0 Å². The first-order valence-electron chi connectivity index (χ1n) is 4.52. The Morgan fingerprint density at radius 1 is 1.50 bits per heavy atom. The van der Waals surface area contributed by atoms with Crippen molar-refractivity contribution in [2.45, 2.75) is 25.6 Å². The third-order valence-corrected chi connectivity index (χ3v) is 3.12. The van der Waals surface area contributed by atoms with Gasteiger partial charge in [-0.25, -0.2) is 0 Å². The molecule has 2 rings (SSSR count). The summed E-state index contributed by atoms with van der Waals surface area (Å²) in [7, 11) is 0. The first kappa shape index (κ1) is 10.3. The number of aromatic nitrogens is 2. The predicted octanol–water partition coefficient (Wildman–Crippen LogP) is 1.89. The first-order chi connectivity index (χ1) is 6.86. The van der Waals surface area contributed by atoms with Crippen LogP contribution in [0.4, 0.5) is 0 Å². The molecular formula is C8H11ClN2O2S. The Kier molecular flexibility index (Phi) is 3.69. The van der Waals surface area contributed by atoms with Crippen LogP contribution in [0, 0.1) is 0 Å². The lowest BCUT2D eigenvalue weighted by Gasteiger charge is -2.21. The van der Waals surface area contributed by atoms with Gasteiger partial charge in [0.15, 0.2) is 0 Å². The van der Waals surface area contributed by atoms with Crippen LogP contribution in [0.3, 0.4) is 0 Å². The number of nitrogens with zero attached hydrogens (tertiary/aromatic N) is 2. The molecule has 0 bridgehead atoms. The minimum Gasteiger partial charge on any atom is -0.381 e. The van der Waals surface area contributed by atoms with Crippen molar-refractivity contribution >= 4 is 23.1 Å². The first-order valence-corrected chi connectivity index (χ1v) is 5.67. The summed E-state index contributed by atoms with van der Waals surface area (Å²) in [5, 5.41) is 3.88. The van der Waals surface area contributed by atoms with Gasteiger partial charge in [-0.1, -0.05) is 16.1 Å². The van der Waals surface area contributed by atoms with E-state index in [2.05, 4.69) is 9.59 Å². The molecule has 6 heteroatoms. The van der Waals surface area contributed by atoms with Gasteiger partial charge >= 0.3 is 0 Å². The molecule has 0 amide bonds. The summed E-state index contributed by atoms with van der Waals surface area (Å²) in [4.78, 5) is 0. The van der Waals surface area contributed by atoms with Crippen molar-refractivity contribution in [3.63, 3.8) is 0 Å². The Balaban J connectivity index is 1.79. The highest BCUT2D eigenvalue weighted by Gasteiger charge is 2.15. The lowest BCUT2D eigenvalue weighted by Crippen LogP contribution is -2.23. The van der Waals surface area contributed by atoms with E-state index in [1.54, 1.807) is 0 Å². The van der Waals surface area contributed by atoms with Gasteiger partial charge in [0.05, 0.1) is 12.7 Å². The molecule has 1 aliphatic rings. The molecule has 0 aliphatic carbocycles. The average Bonchev–Trinajstić information content (AvgIpc) is 2.63. The molecule has 1 fully saturated rings. The molecule has 14 heavy (non-hydrogen) atoms. The second kappa shape index (κ2) is 5.02. The zero-order valence-corrected chi connectivity index (χ0v) is 9.18. The maximum atomic E-state index is 5.85. The maximum Gasteiger partial charge on any atom is 0.139 e. The Labute approximate surface area is 91.3 Å². The summed E-state index contributed by atoms with van der Waals surface area (Å²) in [5.41, 5.74) is 0.739. The Morgan fingerprint density at radius 3 is 2.93 bits per heavy atom. The standard InChI is InChI=1S/C8H11ClN2O2S/c9-8-7(10-11-14-8)5-13-6-1-3-12-4-2-6/h6H,1-5H2. The van der Waals surface area contributed by atoms with Gasteiger partial charge in [-0.05, 0) is 12.8 Å². The molecular weight excluding hydrogens is 224 g/mol. The van der Waals surface area contributed by atoms with Gasteiger partial charge in [0, 0.05) is 24.7 Å². The molecule has 1 aromatic heterocycles. The van der Waals surface area contributed by atoms with E-state index in [1.807, 2.05) is 0 Å².